The lowest BCUT2D eigenvalue weighted by Crippen LogP contribution is -2.29. The average molecular weight is 269 g/mol. The third kappa shape index (κ3) is 6.88. The number of aliphatic hydroxyl groups excluding tert-OH is 1. The molecule has 19 heavy (non-hydrogen) atoms. The maximum atomic E-state index is 12.9. The number of carbonyl (C=O) groups is 1. The van der Waals surface area contributed by atoms with Crippen LogP contribution in [0.3, 0.4) is 0 Å². The molecule has 0 fully saturated rings. The maximum Gasteiger partial charge on any atom is 0.305 e. The molecule has 1 atom stereocenters. The van der Waals surface area contributed by atoms with Gasteiger partial charge in [-0.05, 0) is 37.1 Å². The van der Waals surface area contributed by atoms with Crippen molar-refractivity contribution < 1.29 is 19.0 Å². The fraction of sp³-hybridized carbons (Fsp3) is 0.500. The smallest absolute Gasteiger partial charge is 0.305 e. The lowest BCUT2D eigenvalue weighted by atomic mass is 10.1. The molecule has 2 N–H and O–H groups in total. The molecule has 0 aliphatic heterocycles. The van der Waals surface area contributed by atoms with Crippen LogP contribution in [0.15, 0.2) is 24.3 Å². The van der Waals surface area contributed by atoms with E-state index < -0.39 is 6.10 Å². The van der Waals surface area contributed by atoms with E-state index in [-0.39, 0.29) is 18.2 Å². The quantitative estimate of drug-likeness (QED) is 0.551. The molecule has 0 bridgehead atoms. The van der Waals surface area contributed by atoms with Gasteiger partial charge in [0.2, 0.25) is 0 Å². The maximum absolute atomic E-state index is 12.9. The Hall–Kier alpha value is -1.46. The minimum Gasteiger partial charge on any atom is -0.469 e. The van der Waals surface area contributed by atoms with E-state index in [1.807, 2.05) is 6.07 Å². The zero-order valence-corrected chi connectivity index (χ0v) is 11.1. The molecule has 0 saturated carbocycles. The van der Waals surface area contributed by atoms with Crippen LogP contribution in [0.2, 0.25) is 0 Å². The summed E-state index contributed by atoms with van der Waals surface area (Å²) in [7, 11) is 1.33. The van der Waals surface area contributed by atoms with Crippen molar-refractivity contribution in [1.82, 2.24) is 5.32 Å². The standard InChI is InChI=1S/C14H20FNO3/c1-19-14(18)6-5-13(17)10-16-8-7-11-3-2-4-12(15)9-11/h2-4,9,13,16-17H,5-8,10H2,1H3. The minimum absolute atomic E-state index is 0.212. The number of carbonyl (C=O) groups excluding carboxylic acids is 1. The molecule has 0 aromatic heterocycles. The second kappa shape index (κ2) is 8.61. The third-order valence-corrected chi connectivity index (χ3v) is 2.77. The molecule has 5 heteroatoms. The van der Waals surface area contributed by atoms with Crippen LogP contribution in [0.25, 0.3) is 0 Å². The summed E-state index contributed by atoms with van der Waals surface area (Å²) < 4.78 is 17.4. The summed E-state index contributed by atoms with van der Waals surface area (Å²) in [4.78, 5) is 10.9. The number of esters is 1. The van der Waals surface area contributed by atoms with Crippen molar-refractivity contribution in [3.05, 3.63) is 35.6 Å². The van der Waals surface area contributed by atoms with Gasteiger partial charge in [-0.15, -0.1) is 0 Å². The minimum atomic E-state index is -0.577. The van der Waals surface area contributed by atoms with Crippen LogP contribution in [0.1, 0.15) is 18.4 Å². The van der Waals surface area contributed by atoms with Gasteiger partial charge < -0.3 is 15.2 Å². The molecule has 0 saturated heterocycles. The number of halogens is 1. The van der Waals surface area contributed by atoms with E-state index in [4.69, 9.17) is 0 Å². The number of hydrogen-bond donors (Lipinski definition) is 2. The second-order valence-corrected chi connectivity index (χ2v) is 4.35. The van der Waals surface area contributed by atoms with Gasteiger partial charge in [-0.2, -0.15) is 0 Å². The molecule has 0 radical (unpaired) electrons. The van der Waals surface area contributed by atoms with Gasteiger partial charge in [-0.3, -0.25) is 4.79 Å². The lowest BCUT2D eigenvalue weighted by molar-refractivity contribution is -0.141. The molecule has 1 rings (SSSR count). The molecule has 0 amide bonds. The first-order chi connectivity index (χ1) is 9.11. The first-order valence-electron chi connectivity index (χ1n) is 6.32. The molecule has 1 aromatic carbocycles. The van der Waals surface area contributed by atoms with E-state index in [2.05, 4.69) is 10.1 Å². The number of nitrogens with one attached hydrogen (secondary N) is 1. The Morgan fingerprint density at radius 3 is 3.00 bits per heavy atom. The Bertz CT molecular complexity index is 398. The van der Waals surface area contributed by atoms with Gasteiger partial charge >= 0.3 is 5.97 Å². The first-order valence-corrected chi connectivity index (χ1v) is 6.32. The fourth-order valence-corrected chi connectivity index (χ4v) is 1.68. The molecule has 1 aromatic rings. The van der Waals surface area contributed by atoms with Crippen LogP contribution in [-0.4, -0.2) is 37.4 Å². The predicted molar refractivity (Wildman–Crippen MR) is 70.2 cm³/mol. The molecule has 106 valence electrons. The van der Waals surface area contributed by atoms with E-state index in [1.54, 1.807) is 6.07 Å². The van der Waals surface area contributed by atoms with E-state index in [0.29, 0.717) is 25.9 Å². The van der Waals surface area contributed by atoms with Crippen LogP contribution >= 0.6 is 0 Å². The Labute approximate surface area is 112 Å². The van der Waals surface area contributed by atoms with Crippen LogP contribution in [0.4, 0.5) is 4.39 Å². The number of benzene rings is 1. The van der Waals surface area contributed by atoms with Crippen molar-refractivity contribution in [3.63, 3.8) is 0 Å². The van der Waals surface area contributed by atoms with Crippen LogP contribution in [-0.2, 0) is 16.0 Å². The number of ether oxygens (including phenoxy) is 1. The van der Waals surface area contributed by atoms with Gasteiger partial charge in [0, 0.05) is 13.0 Å². The molecular formula is C14H20FNO3. The largest absolute Gasteiger partial charge is 0.469 e. The summed E-state index contributed by atoms with van der Waals surface area (Å²) in [6, 6.07) is 6.44. The molecule has 0 aliphatic carbocycles. The number of aliphatic hydroxyl groups is 1. The SMILES string of the molecule is COC(=O)CCC(O)CNCCc1cccc(F)c1. The monoisotopic (exact) mass is 269 g/mol. The van der Waals surface area contributed by atoms with Gasteiger partial charge in [0.15, 0.2) is 0 Å². The van der Waals surface area contributed by atoms with Gasteiger partial charge in [0.05, 0.1) is 13.2 Å². The summed E-state index contributed by atoms with van der Waals surface area (Å²) in [6.07, 6.45) is 0.705. The van der Waals surface area contributed by atoms with Crippen LogP contribution < -0.4 is 5.32 Å². The number of hydrogen-bond acceptors (Lipinski definition) is 4. The van der Waals surface area contributed by atoms with Crippen molar-refractivity contribution in [2.45, 2.75) is 25.4 Å². The lowest BCUT2D eigenvalue weighted by Gasteiger charge is -2.11. The highest BCUT2D eigenvalue weighted by atomic mass is 19.1. The van der Waals surface area contributed by atoms with E-state index in [0.717, 1.165) is 5.56 Å². The topological polar surface area (TPSA) is 58.6 Å². The average Bonchev–Trinajstić information content (AvgIpc) is 2.41. The van der Waals surface area contributed by atoms with Gasteiger partial charge in [-0.25, -0.2) is 4.39 Å². The Kier molecular flexibility index (Phi) is 7.07. The molecule has 0 spiro atoms. The molecular weight excluding hydrogens is 249 g/mol. The second-order valence-electron chi connectivity index (χ2n) is 4.35. The third-order valence-electron chi connectivity index (χ3n) is 2.77. The highest BCUT2D eigenvalue weighted by Crippen LogP contribution is 2.03. The summed E-state index contributed by atoms with van der Waals surface area (Å²) in [5.74, 6) is -0.561. The zero-order valence-electron chi connectivity index (χ0n) is 11.1. The first kappa shape index (κ1) is 15.6. The number of methoxy groups -OCH3 is 1. The predicted octanol–water partition coefficient (Wildman–Crippen LogP) is 1.27. The van der Waals surface area contributed by atoms with Gasteiger partial charge in [-0.1, -0.05) is 12.1 Å². The van der Waals surface area contributed by atoms with Gasteiger partial charge in [0.25, 0.3) is 0 Å². The van der Waals surface area contributed by atoms with Gasteiger partial charge in [0.1, 0.15) is 5.82 Å². The summed E-state index contributed by atoms with van der Waals surface area (Å²) in [5.41, 5.74) is 0.913. The van der Waals surface area contributed by atoms with Crippen LogP contribution in [0, 0.1) is 5.82 Å². The molecule has 1 unspecified atom stereocenters. The molecule has 4 nitrogen and oxygen atoms in total. The van der Waals surface area contributed by atoms with Crippen molar-refractivity contribution >= 4 is 5.97 Å². The van der Waals surface area contributed by atoms with Crippen molar-refractivity contribution in [3.8, 4) is 0 Å². The van der Waals surface area contributed by atoms with Crippen molar-refractivity contribution in [2.75, 3.05) is 20.2 Å². The van der Waals surface area contributed by atoms with E-state index in [1.165, 1.54) is 19.2 Å². The highest BCUT2D eigenvalue weighted by Gasteiger charge is 2.07. The van der Waals surface area contributed by atoms with E-state index >= 15 is 0 Å². The van der Waals surface area contributed by atoms with Crippen LogP contribution in [0.5, 0.6) is 0 Å². The van der Waals surface area contributed by atoms with Crippen molar-refractivity contribution in [1.29, 1.82) is 0 Å². The fourth-order valence-electron chi connectivity index (χ4n) is 1.68. The summed E-state index contributed by atoms with van der Waals surface area (Å²) in [5, 5.41) is 12.7. The van der Waals surface area contributed by atoms with E-state index in [9.17, 15) is 14.3 Å². The Balaban J connectivity index is 2.11. The summed E-state index contributed by atoms with van der Waals surface area (Å²) in [6.45, 7) is 1.06. The molecule has 0 heterocycles. The number of rotatable bonds is 8. The summed E-state index contributed by atoms with van der Waals surface area (Å²) >= 11 is 0. The Morgan fingerprint density at radius 2 is 2.32 bits per heavy atom. The normalized spacial score (nSPS) is 12.2. The highest BCUT2D eigenvalue weighted by molar-refractivity contribution is 5.69. The molecule has 0 aliphatic rings. The Morgan fingerprint density at radius 1 is 1.53 bits per heavy atom. The van der Waals surface area contributed by atoms with Crippen molar-refractivity contribution in [2.24, 2.45) is 0 Å². The zero-order chi connectivity index (χ0) is 14.1.